The van der Waals surface area contributed by atoms with E-state index >= 15 is 0 Å². The zero-order chi connectivity index (χ0) is 24.1. The fourth-order valence-electron chi connectivity index (χ4n) is 3.31. The molecule has 1 aromatic heterocycles. The molecule has 0 atom stereocenters. The molecule has 0 fully saturated rings. The smallest absolute Gasteiger partial charge is 0.341 e. The van der Waals surface area contributed by atoms with Crippen LogP contribution in [0.4, 0.5) is 10.7 Å². The van der Waals surface area contributed by atoms with E-state index in [4.69, 9.17) is 9.47 Å². The lowest BCUT2D eigenvalue weighted by atomic mass is 10.0. The summed E-state index contributed by atoms with van der Waals surface area (Å²) < 4.78 is 10.9. The highest BCUT2D eigenvalue weighted by Crippen LogP contribution is 2.37. The van der Waals surface area contributed by atoms with Crippen molar-refractivity contribution >= 4 is 33.9 Å². The van der Waals surface area contributed by atoms with E-state index in [9.17, 15) is 19.7 Å². The number of hydrogen-bond acceptors (Lipinski definition) is 7. The Hall–Kier alpha value is -3.72. The van der Waals surface area contributed by atoms with E-state index in [-0.39, 0.29) is 24.5 Å². The molecular formula is C24H24N2O6S. The highest BCUT2D eigenvalue weighted by atomic mass is 32.1. The molecule has 0 aliphatic rings. The lowest BCUT2D eigenvalue weighted by molar-refractivity contribution is -0.384. The molecule has 0 saturated heterocycles. The summed E-state index contributed by atoms with van der Waals surface area (Å²) in [5.41, 5.74) is 4.02. The number of nitro groups is 1. The van der Waals surface area contributed by atoms with Gasteiger partial charge < -0.3 is 14.8 Å². The minimum Gasteiger partial charge on any atom is -0.483 e. The number of thiophene rings is 1. The third-order valence-corrected chi connectivity index (χ3v) is 5.91. The van der Waals surface area contributed by atoms with Gasteiger partial charge in [-0.15, -0.1) is 11.3 Å². The van der Waals surface area contributed by atoms with Crippen molar-refractivity contribution in [1.29, 1.82) is 0 Å². The maximum absolute atomic E-state index is 12.7. The topological polar surface area (TPSA) is 108 Å². The maximum Gasteiger partial charge on any atom is 0.341 e. The molecule has 0 spiro atoms. The molecule has 0 aliphatic heterocycles. The maximum atomic E-state index is 12.7. The van der Waals surface area contributed by atoms with Gasteiger partial charge in [0.05, 0.1) is 11.5 Å². The van der Waals surface area contributed by atoms with Gasteiger partial charge in [0.15, 0.2) is 6.61 Å². The first kappa shape index (κ1) is 23.9. The van der Waals surface area contributed by atoms with Gasteiger partial charge in [-0.3, -0.25) is 14.9 Å². The Bertz CT molecular complexity index is 1220. The minimum absolute atomic E-state index is 0.101. The van der Waals surface area contributed by atoms with E-state index in [1.807, 2.05) is 32.9 Å². The van der Waals surface area contributed by atoms with Gasteiger partial charge >= 0.3 is 5.97 Å². The van der Waals surface area contributed by atoms with E-state index in [0.29, 0.717) is 21.9 Å². The average Bonchev–Trinajstić information content (AvgIpc) is 3.19. The Labute approximate surface area is 195 Å². The summed E-state index contributed by atoms with van der Waals surface area (Å²) in [5, 5.41) is 15.8. The van der Waals surface area contributed by atoms with Crippen molar-refractivity contribution in [2.24, 2.45) is 0 Å². The van der Waals surface area contributed by atoms with Crippen molar-refractivity contribution in [3.8, 4) is 16.9 Å². The quantitative estimate of drug-likeness (QED) is 0.268. The molecule has 3 rings (SSSR count). The summed E-state index contributed by atoms with van der Waals surface area (Å²) in [7, 11) is 0. The molecule has 0 saturated carbocycles. The number of anilines is 1. The van der Waals surface area contributed by atoms with Crippen LogP contribution in [0.3, 0.4) is 0 Å². The number of hydrogen-bond donors (Lipinski definition) is 1. The Kier molecular flexibility index (Phi) is 7.44. The Balaban J connectivity index is 1.86. The summed E-state index contributed by atoms with van der Waals surface area (Å²) in [6.07, 6.45) is 0. The van der Waals surface area contributed by atoms with Crippen molar-refractivity contribution in [1.82, 2.24) is 0 Å². The van der Waals surface area contributed by atoms with Crippen LogP contribution in [0.2, 0.25) is 0 Å². The van der Waals surface area contributed by atoms with E-state index in [1.165, 1.54) is 12.1 Å². The normalized spacial score (nSPS) is 10.5. The zero-order valence-electron chi connectivity index (χ0n) is 18.8. The highest BCUT2D eigenvalue weighted by Gasteiger charge is 2.24. The number of carbonyl (C=O) groups excluding carboxylic acids is 2. The van der Waals surface area contributed by atoms with Crippen LogP contribution < -0.4 is 10.1 Å². The molecule has 3 aromatic rings. The van der Waals surface area contributed by atoms with Crippen molar-refractivity contribution < 1.29 is 24.0 Å². The predicted octanol–water partition coefficient (Wildman–Crippen LogP) is 5.44. The summed E-state index contributed by atoms with van der Waals surface area (Å²) in [6, 6.07) is 9.85. The predicted molar refractivity (Wildman–Crippen MR) is 127 cm³/mol. The SMILES string of the molecule is CCOC(=O)c1c(-c2cccc([N+](=O)[O-])c2)csc1NC(=O)COc1cc(C)cc(C)c1C. The second kappa shape index (κ2) is 10.3. The molecular weight excluding hydrogens is 444 g/mol. The van der Waals surface area contributed by atoms with Crippen molar-refractivity contribution in [2.45, 2.75) is 27.7 Å². The van der Waals surface area contributed by atoms with Gasteiger partial charge in [0.2, 0.25) is 0 Å². The summed E-state index contributed by atoms with van der Waals surface area (Å²) >= 11 is 1.14. The van der Waals surface area contributed by atoms with Gasteiger partial charge in [-0.2, -0.15) is 0 Å². The standard InChI is InChI=1S/C24H24N2O6S/c1-5-31-24(28)22-19(17-7-6-8-18(11-17)26(29)30)13-33-23(22)25-21(27)12-32-20-10-14(2)9-15(3)16(20)4/h6-11,13H,5,12H2,1-4H3,(H,25,27). The molecule has 172 valence electrons. The molecule has 8 nitrogen and oxygen atoms in total. The third kappa shape index (κ3) is 5.56. The number of esters is 1. The molecule has 1 N–H and O–H groups in total. The summed E-state index contributed by atoms with van der Waals surface area (Å²) in [4.78, 5) is 36.0. The number of nitrogens with zero attached hydrogens (tertiary/aromatic N) is 1. The fourth-order valence-corrected chi connectivity index (χ4v) is 4.29. The number of benzene rings is 2. The lowest BCUT2D eigenvalue weighted by Crippen LogP contribution is -2.21. The summed E-state index contributed by atoms with van der Waals surface area (Å²) in [5.74, 6) is -0.440. The van der Waals surface area contributed by atoms with Crippen molar-refractivity contribution in [3.63, 3.8) is 0 Å². The van der Waals surface area contributed by atoms with Crippen LogP contribution in [0.25, 0.3) is 11.1 Å². The van der Waals surface area contributed by atoms with Crippen molar-refractivity contribution in [3.05, 3.63) is 74.1 Å². The first-order valence-electron chi connectivity index (χ1n) is 10.2. The van der Waals surface area contributed by atoms with Crippen LogP contribution in [0.1, 0.15) is 34.0 Å². The second-order valence-electron chi connectivity index (χ2n) is 7.42. The van der Waals surface area contributed by atoms with Gasteiger partial charge in [-0.25, -0.2) is 4.79 Å². The number of non-ortho nitro benzene ring substituents is 1. The van der Waals surface area contributed by atoms with Gasteiger partial charge in [-0.1, -0.05) is 18.2 Å². The number of aryl methyl sites for hydroxylation is 2. The van der Waals surface area contributed by atoms with Gasteiger partial charge in [-0.05, 0) is 56.0 Å². The number of ether oxygens (including phenoxy) is 2. The molecule has 9 heteroatoms. The fraction of sp³-hybridized carbons (Fsp3) is 0.250. The highest BCUT2D eigenvalue weighted by molar-refractivity contribution is 7.15. The number of nitrogens with one attached hydrogen (secondary N) is 1. The molecule has 1 amide bonds. The summed E-state index contributed by atoms with van der Waals surface area (Å²) in [6.45, 7) is 7.43. The van der Waals surface area contributed by atoms with Crippen LogP contribution in [0.15, 0.2) is 41.8 Å². The van der Waals surface area contributed by atoms with Crippen molar-refractivity contribution in [2.75, 3.05) is 18.5 Å². The number of nitro benzene ring substituents is 1. The lowest BCUT2D eigenvalue weighted by Gasteiger charge is -2.13. The molecule has 1 heterocycles. The Morgan fingerprint density at radius 1 is 1.15 bits per heavy atom. The van der Waals surface area contributed by atoms with Gasteiger partial charge in [0.1, 0.15) is 16.3 Å². The average molecular weight is 469 g/mol. The van der Waals surface area contributed by atoms with E-state index < -0.39 is 16.8 Å². The Morgan fingerprint density at radius 2 is 1.91 bits per heavy atom. The number of carbonyl (C=O) groups is 2. The monoisotopic (exact) mass is 468 g/mol. The van der Waals surface area contributed by atoms with E-state index in [0.717, 1.165) is 28.0 Å². The molecule has 0 aliphatic carbocycles. The van der Waals surface area contributed by atoms with E-state index in [2.05, 4.69) is 5.32 Å². The van der Waals surface area contributed by atoms with Crippen LogP contribution in [0.5, 0.6) is 5.75 Å². The number of rotatable bonds is 8. The molecule has 0 unspecified atom stereocenters. The molecule has 2 aromatic carbocycles. The van der Waals surface area contributed by atoms with Crippen LogP contribution in [0, 0.1) is 30.9 Å². The van der Waals surface area contributed by atoms with Crippen LogP contribution in [-0.4, -0.2) is 30.0 Å². The first-order chi connectivity index (χ1) is 15.7. The zero-order valence-corrected chi connectivity index (χ0v) is 19.6. The molecule has 33 heavy (non-hydrogen) atoms. The van der Waals surface area contributed by atoms with E-state index in [1.54, 1.807) is 24.4 Å². The second-order valence-corrected chi connectivity index (χ2v) is 8.30. The Morgan fingerprint density at radius 3 is 2.61 bits per heavy atom. The molecule has 0 bridgehead atoms. The van der Waals surface area contributed by atoms with Crippen LogP contribution >= 0.6 is 11.3 Å². The van der Waals surface area contributed by atoms with Gasteiger partial charge in [0.25, 0.3) is 11.6 Å². The van der Waals surface area contributed by atoms with Crippen LogP contribution in [-0.2, 0) is 9.53 Å². The van der Waals surface area contributed by atoms with Gasteiger partial charge in [0, 0.05) is 23.1 Å². The first-order valence-corrected chi connectivity index (χ1v) is 11.1. The molecule has 0 radical (unpaired) electrons. The number of amides is 1. The third-order valence-electron chi connectivity index (χ3n) is 5.01. The largest absolute Gasteiger partial charge is 0.483 e. The minimum atomic E-state index is -0.623.